The fraction of sp³-hybridized carbons (Fsp3) is 0.941. The van der Waals surface area contributed by atoms with Gasteiger partial charge in [0.25, 0.3) is 0 Å². The third-order valence-corrected chi connectivity index (χ3v) is 4.25. The molecule has 1 aliphatic carbocycles. The Morgan fingerprint density at radius 1 is 1.19 bits per heavy atom. The number of hydrogen-bond donors (Lipinski definition) is 2. The highest BCUT2D eigenvalue weighted by molar-refractivity contribution is 5.68. The SMILES string of the molecule is CC(C)C1CC(NCC(NC(=O)OC(C)(C)C)C(C)C)C1. The number of rotatable bonds is 6. The van der Waals surface area contributed by atoms with Gasteiger partial charge in [0.15, 0.2) is 0 Å². The second-order valence-electron chi connectivity index (χ2n) is 8.08. The molecule has 0 aromatic rings. The van der Waals surface area contributed by atoms with Crippen LogP contribution in [0.2, 0.25) is 0 Å². The molecule has 1 fully saturated rings. The summed E-state index contributed by atoms with van der Waals surface area (Å²) >= 11 is 0. The third kappa shape index (κ3) is 6.68. The first-order valence-electron chi connectivity index (χ1n) is 8.31. The van der Waals surface area contributed by atoms with E-state index in [9.17, 15) is 4.79 Å². The molecule has 0 aromatic heterocycles. The zero-order valence-corrected chi connectivity index (χ0v) is 14.8. The van der Waals surface area contributed by atoms with Crippen LogP contribution in [0.5, 0.6) is 0 Å². The molecule has 0 saturated heterocycles. The average Bonchev–Trinajstić information content (AvgIpc) is 2.21. The van der Waals surface area contributed by atoms with Gasteiger partial charge in [-0.05, 0) is 51.4 Å². The molecular formula is C17H34N2O2. The van der Waals surface area contributed by atoms with E-state index in [1.54, 1.807) is 0 Å². The van der Waals surface area contributed by atoms with Gasteiger partial charge in [-0.3, -0.25) is 0 Å². The van der Waals surface area contributed by atoms with Gasteiger partial charge in [0, 0.05) is 18.6 Å². The Morgan fingerprint density at radius 2 is 1.76 bits per heavy atom. The van der Waals surface area contributed by atoms with Gasteiger partial charge < -0.3 is 15.4 Å². The molecule has 1 atom stereocenters. The Balaban J connectivity index is 2.33. The van der Waals surface area contributed by atoms with Crippen LogP contribution in [0.4, 0.5) is 4.79 Å². The highest BCUT2D eigenvalue weighted by Crippen LogP contribution is 2.33. The summed E-state index contributed by atoms with van der Waals surface area (Å²) in [5, 5.41) is 6.57. The van der Waals surface area contributed by atoms with Crippen LogP contribution in [0.15, 0.2) is 0 Å². The molecule has 2 N–H and O–H groups in total. The molecule has 1 saturated carbocycles. The van der Waals surface area contributed by atoms with Gasteiger partial charge in [0.1, 0.15) is 5.60 Å². The summed E-state index contributed by atoms with van der Waals surface area (Å²) in [7, 11) is 0. The first kappa shape index (κ1) is 18.3. The summed E-state index contributed by atoms with van der Waals surface area (Å²) < 4.78 is 5.34. The highest BCUT2D eigenvalue weighted by Gasteiger charge is 2.31. The minimum atomic E-state index is -0.447. The molecule has 0 bridgehead atoms. The van der Waals surface area contributed by atoms with Crippen molar-refractivity contribution < 1.29 is 9.53 Å². The molecule has 0 aromatic carbocycles. The highest BCUT2D eigenvalue weighted by atomic mass is 16.6. The minimum absolute atomic E-state index is 0.109. The Bertz CT molecular complexity index is 328. The topological polar surface area (TPSA) is 50.4 Å². The van der Waals surface area contributed by atoms with E-state index in [0.717, 1.165) is 18.4 Å². The number of carbonyl (C=O) groups is 1. The molecule has 0 heterocycles. The molecule has 4 heteroatoms. The van der Waals surface area contributed by atoms with Crippen molar-refractivity contribution in [3.8, 4) is 0 Å². The maximum atomic E-state index is 11.9. The van der Waals surface area contributed by atoms with Crippen LogP contribution in [0.25, 0.3) is 0 Å². The van der Waals surface area contributed by atoms with E-state index < -0.39 is 5.60 Å². The molecule has 124 valence electrons. The van der Waals surface area contributed by atoms with E-state index in [2.05, 4.69) is 38.3 Å². The molecule has 1 aliphatic rings. The summed E-state index contributed by atoms with van der Waals surface area (Å²) in [6.07, 6.45) is 2.20. The van der Waals surface area contributed by atoms with Gasteiger partial charge in [-0.25, -0.2) is 4.79 Å². The first-order valence-corrected chi connectivity index (χ1v) is 8.31. The lowest BCUT2D eigenvalue weighted by atomic mass is 9.73. The van der Waals surface area contributed by atoms with Gasteiger partial charge in [0.2, 0.25) is 0 Å². The maximum Gasteiger partial charge on any atom is 0.407 e. The van der Waals surface area contributed by atoms with Gasteiger partial charge in [0.05, 0.1) is 0 Å². The molecular weight excluding hydrogens is 264 g/mol. The van der Waals surface area contributed by atoms with E-state index in [-0.39, 0.29) is 12.1 Å². The van der Waals surface area contributed by atoms with Gasteiger partial charge >= 0.3 is 6.09 Å². The van der Waals surface area contributed by atoms with Gasteiger partial charge in [-0.1, -0.05) is 27.7 Å². The van der Waals surface area contributed by atoms with E-state index in [1.165, 1.54) is 12.8 Å². The molecule has 4 nitrogen and oxygen atoms in total. The fourth-order valence-corrected chi connectivity index (χ4v) is 2.58. The number of amides is 1. The maximum absolute atomic E-state index is 11.9. The van der Waals surface area contributed by atoms with Crippen LogP contribution in [0.3, 0.4) is 0 Å². The lowest BCUT2D eigenvalue weighted by molar-refractivity contribution is 0.0485. The van der Waals surface area contributed by atoms with Crippen molar-refractivity contribution in [3.63, 3.8) is 0 Å². The molecule has 0 spiro atoms. The molecule has 1 amide bonds. The Labute approximate surface area is 130 Å². The molecule has 21 heavy (non-hydrogen) atoms. The largest absolute Gasteiger partial charge is 0.444 e. The smallest absolute Gasteiger partial charge is 0.407 e. The van der Waals surface area contributed by atoms with Crippen molar-refractivity contribution in [2.45, 2.75) is 79.0 Å². The molecule has 1 unspecified atom stereocenters. The van der Waals surface area contributed by atoms with Crippen LogP contribution >= 0.6 is 0 Å². The van der Waals surface area contributed by atoms with Crippen molar-refractivity contribution in [1.29, 1.82) is 0 Å². The summed E-state index contributed by atoms with van der Waals surface area (Å²) in [5.74, 6) is 2.02. The fourth-order valence-electron chi connectivity index (χ4n) is 2.58. The Kier molecular flexibility index (Phi) is 6.51. The standard InChI is InChI=1S/C17H34N2O2/c1-11(2)13-8-14(9-13)18-10-15(12(3)4)19-16(20)21-17(5,6)7/h11-15,18H,8-10H2,1-7H3,(H,19,20). The molecule has 1 rings (SSSR count). The Morgan fingerprint density at radius 3 is 2.19 bits per heavy atom. The number of hydrogen-bond acceptors (Lipinski definition) is 3. The summed E-state index contributed by atoms with van der Waals surface area (Å²) in [6.45, 7) is 15.3. The molecule has 0 aliphatic heterocycles. The zero-order chi connectivity index (χ0) is 16.2. The molecule has 0 radical (unpaired) electrons. The van der Waals surface area contributed by atoms with E-state index in [4.69, 9.17) is 4.74 Å². The quantitative estimate of drug-likeness (QED) is 0.788. The van der Waals surface area contributed by atoms with Gasteiger partial charge in [-0.15, -0.1) is 0 Å². The third-order valence-electron chi connectivity index (χ3n) is 4.25. The number of carbonyl (C=O) groups excluding carboxylic acids is 1. The minimum Gasteiger partial charge on any atom is -0.444 e. The summed E-state index contributed by atoms with van der Waals surface area (Å²) in [6, 6.07) is 0.719. The van der Waals surface area contributed by atoms with Crippen molar-refractivity contribution in [2.75, 3.05) is 6.54 Å². The summed E-state index contributed by atoms with van der Waals surface area (Å²) in [4.78, 5) is 11.9. The van der Waals surface area contributed by atoms with Crippen molar-refractivity contribution in [3.05, 3.63) is 0 Å². The predicted octanol–water partition coefficient (Wildman–Crippen LogP) is 3.56. The van der Waals surface area contributed by atoms with Crippen LogP contribution in [-0.2, 0) is 4.74 Å². The van der Waals surface area contributed by atoms with Crippen LogP contribution in [0.1, 0.15) is 61.3 Å². The number of nitrogens with one attached hydrogen (secondary N) is 2. The van der Waals surface area contributed by atoms with Crippen LogP contribution in [-0.4, -0.2) is 30.3 Å². The second kappa shape index (κ2) is 7.48. The van der Waals surface area contributed by atoms with Gasteiger partial charge in [-0.2, -0.15) is 0 Å². The van der Waals surface area contributed by atoms with E-state index in [1.807, 2.05) is 20.8 Å². The lowest BCUT2D eigenvalue weighted by Crippen LogP contribution is -2.51. The van der Waals surface area contributed by atoms with Crippen LogP contribution < -0.4 is 10.6 Å². The monoisotopic (exact) mass is 298 g/mol. The number of ether oxygens (including phenoxy) is 1. The average molecular weight is 298 g/mol. The zero-order valence-electron chi connectivity index (χ0n) is 14.8. The lowest BCUT2D eigenvalue weighted by Gasteiger charge is -2.39. The number of alkyl carbamates (subject to hydrolysis) is 1. The van der Waals surface area contributed by atoms with Crippen molar-refractivity contribution >= 4 is 6.09 Å². The normalized spacial score (nSPS) is 23.9. The predicted molar refractivity (Wildman–Crippen MR) is 87.3 cm³/mol. The van der Waals surface area contributed by atoms with Crippen LogP contribution in [0, 0.1) is 17.8 Å². The van der Waals surface area contributed by atoms with E-state index >= 15 is 0 Å². The Hall–Kier alpha value is -0.770. The second-order valence-corrected chi connectivity index (χ2v) is 8.08. The van der Waals surface area contributed by atoms with E-state index in [0.29, 0.717) is 12.0 Å². The summed E-state index contributed by atoms with van der Waals surface area (Å²) in [5.41, 5.74) is -0.447. The van der Waals surface area contributed by atoms with Crippen molar-refractivity contribution in [2.24, 2.45) is 17.8 Å². The first-order chi connectivity index (χ1) is 9.58. The van der Waals surface area contributed by atoms with Crippen molar-refractivity contribution in [1.82, 2.24) is 10.6 Å².